The second-order valence-electron chi connectivity index (χ2n) is 7.87. The predicted octanol–water partition coefficient (Wildman–Crippen LogP) is 5.11. The summed E-state index contributed by atoms with van der Waals surface area (Å²) in [6.45, 7) is 17.5. The van der Waals surface area contributed by atoms with Gasteiger partial charge in [0.15, 0.2) is 0 Å². The molecule has 0 aliphatic carbocycles. The van der Waals surface area contributed by atoms with Crippen molar-refractivity contribution in [2.45, 2.75) is 59.4 Å². The number of anilines is 1. The molecular weight excluding hydrogens is 246 g/mol. The van der Waals surface area contributed by atoms with Crippen molar-refractivity contribution in [3.05, 3.63) is 36.1 Å². The Morgan fingerprint density at radius 3 is 2.35 bits per heavy atom. The van der Waals surface area contributed by atoms with Gasteiger partial charge in [0, 0.05) is 12.5 Å². The van der Waals surface area contributed by atoms with Crippen molar-refractivity contribution in [2.75, 3.05) is 5.32 Å². The third-order valence-electron chi connectivity index (χ3n) is 3.91. The fourth-order valence-corrected chi connectivity index (χ4v) is 2.38. The van der Waals surface area contributed by atoms with E-state index in [2.05, 4.69) is 71.6 Å². The molecule has 1 N–H and O–H groups in total. The number of hydrogen-bond donors (Lipinski definition) is 1. The first-order chi connectivity index (χ1) is 9.07. The molecule has 0 aromatic heterocycles. The van der Waals surface area contributed by atoms with E-state index in [0.29, 0.717) is 6.04 Å². The van der Waals surface area contributed by atoms with Crippen molar-refractivity contribution in [3.63, 3.8) is 0 Å². The predicted molar refractivity (Wildman–Crippen MR) is 86.4 cm³/mol. The zero-order chi connectivity index (χ0) is 15.1. The molecule has 2 rings (SSSR count). The summed E-state index contributed by atoms with van der Waals surface area (Å²) in [5.41, 5.74) is 2.69. The number of fused-ring (bicyclic) bond motifs is 1. The fraction of sp³-hybridized carbons (Fsp3) is 0.556. The van der Waals surface area contributed by atoms with E-state index in [1.54, 1.807) is 0 Å². The van der Waals surface area contributed by atoms with Gasteiger partial charge in [-0.3, -0.25) is 0 Å². The second kappa shape index (κ2) is 4.83. The van der Waals surface area contributed by atoms with Crippen LogP contribution in [0.25, 0.3) is 0 Å². The molecule has 0 spiro atoms. The molecule has 0 saturated heterocycles. The van der Waals surface area contributed by atoms with Gasteiger partial charge in [0.05, 0.1) is 11.4 Å². The molecule has 0 radical (unpaired) electrons. The topological polar surface area (TPSA) is 21.3 Å². The Morgan fingerprint density at radius 2 is 1.80 bits per heavy atom. The summed E-state index contributed by atoms with van der Waals surface area (Å²) < 4.78 is 5.89. The molecule has 0 bridgehead atoms. The molecule has 1 aliphatic heterocycles. The average Bonchev–Trinajstić information content (AvgIpc) is 2.43. The lowest BCUT2D eigenvalue weighted by atomic mass is 9.84. The maximum absolute atomic E-state index is 5.89. The van der Waals surface area contributed by atoms with Crippen LogP contribution >= 0.6 is 0 Å². The van der Waals surface area contributed by atoms with Crippen molar-refractivity contribution in [1.82, 2.24) is 0 Å². The first kappa shape index (κ1) is 15.0. The van der Waals surface area contributed by atoms with Gasteiger partial charge < -0.3 is 10.1 Å². The van der Waals surface area contributed by atoms with E-state index in [0.717, 1.165) is 23.6 Å². The minimum atomic E-state index is 0.136. The van der Waals surface area contributed by atoms with Crippen molar-refractivity contribution >= 4 is 5.69 Å². The Hall–Kier alpha value is -1.44. The van der Waals surface area contributed by atoms with Crippen LogP contribution in [0.4, 0.5) is 5.69 Å². The second-order valence-corrected chi connectivity index (χ2v) is 7.87. The Kier molecular flexibility index (Phi) is 3.62. The lowest BCUT2D eigenvalue weighted by Crippen LogP contribution is -2.33. The van der Waals surface area contributed by atoms with E-state index in [1.165, 1.54) is 5.56 Å². The molecule has 110 valence electrons. The van der Waals surface area contributed by atoms with Crippen LogP contribution < -0.4 is 10.1 Å². The van der Waals surface area contributed by atoms with Gasteiger partial charge in [0.2, 0.25) is 0 Å². The lowest BCUT2D eigenvalue weighted by Gasteiger charge is -2.31. The van der Waals surface area contributed by atoms with Gasteiger partial charge in [0.25, 0.3) is 0 Å². The zero-order valence-electron chi connectivity index (χ0n) is 13.6. The minimum Gasteiger partial charge on any atom is -0.460 e. The Morgan fingerprint density at radius 1 is 1.15 bits per heavy atom. The maximum atomic E-state index is 5.89. The average molecular weight is 273 g/mol. The molecule has 1 atom stereocenters. The van der Waals surface area contributed by atoms with Crippen LogP contribution in [0.3, 0.4) is 0 Å². The summed E-state index contributed by atoms with van der Waals surface area (Å²) in [7, 11) is 0. The smallest absolute Gasteiger partial charge is 0.150 e. The third-order valence-corrected chi connectivity index (χ3v) is 3.91. The number of rotatable bonds is 0. The number of nitrogens with one attached hydrogen (secondary N) is 1. The first-order valence-electron chi connectivity index (χ1n) is 7.34. The standard InChI is InChI=1S/C18H27NO/c1-12-10-16(18(5,6)7)19-14-11-13(17(2,3)4)8-9-15(14)20-12/h8-9,11,16,19H,1,10H2,2-7H3. The summed E-state index contributed by atoms with van der Waals surface area (Å²) in [6, 6.07) is 6.74. The van der Waals surface area contributed by atoms with Crippen LogP contribution in [-0.2, 0) is 5.41 Å². The van der Waals surface area contributed by atoms with E-state index in [1.807, 2.05) is 0 Å². The highest BCUT2D eigenvalue weighted by Gasteiger charge is 2.29. The molecule has 1 aromatic carbocycles. The van der Waals surface area contributed by atoms with Gasteiger partial charge in [-0.05, 0) is 28.5 Å². The molecule has 0 saturated carbocycles. The number of benzene rings is 1. The van der Waals surface area contributed by atoms with E-state index < -0.39 is 0 Å². The molecule has 2 heteroatoms. The summed E-state index contributed by atoms with van der Waals surface area (Å²) in [6.07, 6.45) is 0.836. The molecule has 1 aliphatic rings. The summed E-state index contributed by atoms with van der Waals surface area (Å²) >= 11 is 0. The highest BCUT2D eigenvalue weighted by atomic mass is 16.5. The van der Waals surface area contributed by atoms with Gasteiger partial charge >= 0.3 is 0 Å². The largest absolute Gasteiger partial charge is 0.460 e. The highest BCUT2D eigenvalue weighted by Crippen LogP contribution is 2.38. The zero-order valence-corrected chi connectivity index (χ0v) is 13.6. The summed E-state index contributed by atoms with van der Waals surface area (Å²) in [5.74, 6) is 1.72. The van der Waals surface area contributed by atoms with Gasteiger partial charge in [-0.25, -0.2) is 0 Å². The van der Waals surface area contributed by atoms with Gasteiger partial charge in [0.1, 0.15) is 5.75 Å². The molecule has 0 fully saturated rings. The molecule has 1 unspecified atom stereocenters. The molecule has 1 heterocycles. The number of hydrogen-bond acceptors (Lipinski definition) is 2. The molecule has 1 aromatic rings. The summed E-state index contributed by atoms with van der Waals surface area (Å²) in [4.78, 5) is 0. The Bertz CT molecular complexity index is 517. The van der Waals surface area contributed by atoms with Crippen LogP contribution in [0.2, 0.25) is 0 Å². The Balaban J connectivity index is 2.43. The molecular formula is C18H27NO. The minimum absolute atomic E-state index is 0.136. The quantitative estimate of drug-likeness (QED) is 0.709. The fourth-order valence-electron chi connectivity index (χ4n) is 2.38. The molecule has 2 nitrogen and oxygen atoms in total. The van der Waals surface area contributed by atoms with Gasteiger partial charge in [-0.2, -0.15) is 0 Å². The van der Waals surface area contributed by atoms with E-state index >= 15 is 0 Å². The van der Waals surface area contributed by atoms with Crippen LogP contribution in [-0.4, -0.2) is 6.04 Å². The molecule has 20 heavy (non-hydrogen) atoms. The lowest BCUT2D eigenvalue weighted by molar-refractivity contribution is 0.313. The van der Waals surface area contributed by atoms with Crippen LogP contribution in [0.1, 0.15) is 53.5 Å². The van der Waals surface area contributed by atoms with Crippen LogP contribution in [0.5, 0.6) is 5.75 Å². The van der Waals surface area contributed by atoms with Crippen molar-refractivity contribution in [3.8, 4) is 5.75 Å². The van der Waals surface area contributed by atoms with Gasteiger partial charge in [-0.15, -0.1) is 0 Å². The number of ether oxygens (including phenoxy) is 1. The van der Waals surface area contributed by atoms with E-state index in [-0.39, 0.29) is 10.8 Å². The highest BCUT2D eigenvalue weighted by molar-refractivity contribution is 5.61. The van der Waals surface area contributed by atoms with E-state index in [4.69, 9.17) is 4.74 Å². The normalized spacial score (nSPS) is 19.7. The summed E-state index contributed by atoms with van der Waals surface area (Å²) in [5, 5.41) is 3.66. The SMILES string of the molecule is C=C1CC(C(C)(C)C)Nc2cc(C(C)(C)C)ccc2O1. The maximum Gasteiger partial charge on any atom is 0.150 e. The Labute approximate surface area is 123 Å². The van der Waals surface area contributed by atoms with Crippen LogP contribution in [0, 0.1) is 5.41 Å². The van der Waals surface area contributed by atoms with Gasteiger partial charge in [-0.1, -0.05) is 54.2 Å². The monoisotopic (exact) mass is 273 g/mol. The van der Waals surface area contributed by atoms with Crippen molar-refractivity contribution in [1.29, 1.82) is 0 Å². The molecule has 0 amide bonds. The van der Waals surface area contributed by atoms with Crippen LogP contribution in [0.15, 0.2) is 30.5 Å². The van der Waals surface area contributed by atoms with E-state index in [9.17, 15) is 0 Å². The third kappa shape index (κ3) is 3.17. The van der Waals surface area contributed by atoms with Crippen molar-refractivity contribution < 1.29 is 4.74 Å². The first-order valence-corrected chi connectivity index (χ1v) is 7.34. The van der Waals surface area contributed by atoms with Crippen molar-refractivity contribution in [2.24, 2.45) is 5.41 Å².